The van der Waals surface area contributed by atoms with Crippen molar-refractivity contribution in [2.45, 2.75) is 96.9 Å². The van der Waals surface area contributed by atoms with Crippen molar-refractivity contribution in [1.29, 1.82) is 0 Å². The van der Waals surface area contributed by atoms with Crippen LogP contribution in [0.4, 0.5) is 28.1 Å². The Labute approximate surface area is 375 Å². The van der Waals surface area contributed by atoms with E-state index in [1.54, 1.807) is 24.4 Å². The number of aryl methyl sites for hydroxylation is 2. The standard InChI is InChI=1S/C45H53ClN10O6S/c1-28-14-12-16-31(46)40(28)53-42(60)34-27-47-45(63-34)51-35-26-36(49-29(2)48-35)55-24-22-54(23-25-55)21-11-9-7-5-3-4-6-8-10-18-37(57)50-32-17-13-15-30-39(32)44(62)56(43(30)61)33-19-20-38(58)52-41(33)59/h12-17,26-27,33H,3-11,18-25H2,1-2H3,(H,50,57)(H,53,60)(H,52,58,59)(H,47,48,49,51). The van der Waals surface area contributed by atoms with E-state index in [2.05, 4.69) is 41.0 Å². The molecule has 3 aliphatic heterocycles. The van der Waals surface area contributed by atoms with E-state index >= 15 is 0 Å². The molecule has 2 aromatic carbocycles. The first-order valence-corrected chi connectivity index (χ1v) is 22.9. The molecule has 16 nitrogen and oxygen atoms in total. The molecular weight excluding hydrogens is 844 g/mol. The number of piperazine rings is 1. The zero-order valence-electron chi connectivity index (χ0n) is 35.6. The Morgan fingerprint density at radius 2 is 1.57 bits per heavy atom. The number of anilines is 5. The van der Waals surface area contributed by atoms with Crippen LogP contribution in [0.25, 0.3) is 0 Å². The third-order valence-corrected chi connectivity index (χ3v) is 12.8. The van der Waals surface area contributed by atoms with E-state index in [9.17, 15) is 28.8 Å². The van der Waals surface area contributed by atoms with Gasteiger partial charge in [-0.25, -0.2) is 15.0 Å². The normalized spacial score (nSPS) is 16.6. The van der Waals surface area contributed by atoms with E-state index in [0.717, 1.165) is 74.7 Å². The third kappa shape index (κ3) is 11.4. The largest absolute Gasteiger partial charge is 0.354 e. The van der Waals surface area contributed by atoms with Crippen LogP contribution in [-0.4, -0.2) is 99.0 Å². The van der Waals surface area contributed by atoms with Crippen molar-refractivity contribution in [3.63, 3.8) is 0 Å². The maximum Gasteiger partial charge on any atom is 0.267 e. The maximum absolute atomic E-state index is 13.3. The fraction of sp³-hybridized carbons (Fsp3) is 0.444. The topological polar surface area (TPSA) is 199 Å². The highest BCUT2D eigenvalue weighted by Gasteiger charge is 2.45. The van der Waals surface area contributed by atoms with Crippen molar-refractivity contribution < 1.29 is 28.8 Å². The van der Waals surface area contributed by atoms with Crippen molar-refractivity contribution in [3.05, 3.63) is 81.1 Å². The number of fused-ring (bicyclic) bond motifs is 1. The molecule has 3 aliphatic rings. The molecule has 4 N–H and O–H groups in total. The molecule has 1 unspecified atom stereocenters. The molecule has 63 heavy (non-hydrogen) atoms. The summed E-state index contributed by atoms with van der Waals surface area (Å²) in [7, 11) is 0. The predicted octanol–water partition coefficient (Wildman–Crippen LogP) is 7.26. The molecule has 5 heterocycles. The van der Waals surface area contributed by atoms with E-state index in [-0.39, 0.29) is 41.5 Å². The van der Waals surface area contributed by atoms with Crippen molar-refractivity contribution in [2.24, 2.45) is 0 Å². The fourth-order valence-electron chi connectivity index (χ4n) is 8.18. The SMILES string of the molecule is Cc1nc(Nc2ncc(C(=O)Nc3c(C)cccc3Cl)s2)cc(N2CCN(CCCCCCCCCCCC(=O)Nc3cccc4c3C(=O)N(C3CCC(=O)NC3=O)C4=O)CC2)n1. The van der Waals surface area contributed by atoms with Gasteiger partial charge < -0.3 is 20.9 Å². The number of halogens is 1. The van der Waals surface area contributed by atoms with Crippen LogP contribution < -0.4 is 26.2 Å². The van der Waals surface area contributed by atoms with Crippen LogP contribution in [0.15, 0.2) is 48.7 Å². The van der Waals surface area contributed by atoms with Crippen molar-refractivity contribution in [1.82, 2.24) is 30.1 Å². The minimum Gasteiger partial charge on any atom is -0.354 e. The van der Waals surface area contributed by atoms with Crippen LogP contribution in [0.3, 0.4) is 0 Å². The summed E-state index contributed by atoms with van der Waals surface area (Å²) in [5.41, 5.74) is 1.94. The summed E-state index contributed by atoms with van der Waals surface area (Å²) in [6.45, 7) is 8.53. The summed E-state index contributed by atoms with van der Waals surface area (Å²) in [6, 6.07) is 11.0. The van der Waals surface area contributed by atoms with Crippen LogP contribution in [0.1, 0.15) is 119 Å². The van der Waals surface area contributed by atoms with Crippen molar-refractivity contribution in [2.75, 3.05) is 53.6 Å². The van der Waals surface area contributed by atoms with Crippen molar-refractivity contribution in [3.8, 4) is 0 Å². The van der Waals surface area contributed by atoms with Gasteiger partial charge in [0.2, 0.25) is 17.7 Å². The Balaban J connectivity index is 0.735. The lowest BCUT2D eigenvalue weighted by molar-refractivity contribution is -0.136. The molecular formula is C45H53ClN10O6S. The van der Waals surface area contributed by atoms with Gasteiger partial charge in [-0.05, 0) is 63.4 Å². The number of imide groups is 2. The smallest absolute Gasteiger partial charge is 0.267 e. The zero-order valence-corrected chi connectivity index (χ0v) is 37.2. The lowest BCUT2D eigenvalue weighted by Gasteiger charge is -2.35. The second kappa shape index (κ2) is 21.1. The van der Waals surface area contributed by atoms with Crippen LogP contribution in [0, 0.1) is 13.8 Å². The highest BCUT2D eigenvalue weighted by molar-refractivity contribution is 7.17. The minimum absolute atomic E-state index is 0.0404. The number of aromatic nitrogens is 3. The lowest BCUT2D eigenvalue weighted by Crippen LogP contribution is -2.54. The van der Waals surface area contributed by atoms with Gasteiger partial charge in [-0.15, -0.1) is 0 Å². The van der Waals surface area contributed by atoms with E-state index in [0.29, 0.717) is 38.8 Å². The number of rotatable bonds is 19. The van der Waals surface area contributed by atoms with Gasteiger partial charge in [0.1, 0.15) is 28.4 Å². The maximum atomic E-state index is 13.3. The molecule has 0 saturated carbocycles. The fourth-order valence-corrected chi connectivity index (χ4v) is 9.17. The summed E-state index contributed by atoms with van der Waals surface area (Å²) in [4.78, 5) is 95.9. The third-order valence-electron chi connectivity index (χ3n) is 11.6. The van der Waals surface area contributed by atoms with Crippen molar-refractivity contribution >= 4 is 86.5 Å². The molecule has 1 atom stereocenters. The molecule has 0 spiro atoms. The highest BCUT2D eigenvalue weighted by Crippen LogP contribution is 2.33. The molecule has 18 heteroatoms. The van der Waals surface area contributed by atoms with Gasteiger partial charge in [0, 0.05) is 45.1 Å². The average Bonchev–Trinajstić information content (AvgIpc) is 3.83. The summed E-state index contributed by atoms with van der Waals surface area (Å²) in [5.74, 6) is -0.711. The molecule has 0 bridgehead atoms. The molecule has 6 amide bonds. The Morgan fingerprint density at radius 3 is 2.30 bits per heavy atom. The van der Waals surface area contributed by atoms with E-state index in [1.165, 1.54) is 49.5 Å². The van der Waals surface area contributed by atoms with Crippen LogP contribution >= 0.6 is 22.9 Å². The molecule has 7 rings (SSSR count). The summed E-state index contributed by atoms with van der Waals surface area (Å²) in [6.07, 6.45) is 11.7. The minimum atomic E-state index is -1.06. The Bertz CT molecular complexity index is 2350. The van der Waals surface area contributed by atoms with E-state index < -0.39 is 29.7 Å². The molecule has 332 valence electrons. The van der Waals surface area contributed by atoms with Crippen LogP contribution in [0.5, 0.6) is 0 Å². The molecule has 4 aromatic rings. The summed E-state index contributed by atoms with van der Waals surface area (Å²) in [5, 5.41) is 12.2. The number of amides is 6. The Hall–Kier alpha value is -5.78. The molecule has 0 radical (unpaired) electrons. The van der Waals surface area contributed by atoms with Gasteiger partial charge in [0.05, 0.1) is 33.7 Å². The Morgan fingerprint density at radius 1 is 0.857 bits per heavy atom. The summed E-state index contributed by atoms with van der Waals surface area (Å²) >= 11 is 7.54. The number of para-hydroxylation sites is 1. The highest BCUT2D eigenvalue weighted by atomic mass is 35.5. The van der Waals surface area contributed by atoms with Crippen LogP contribution in [0.2, 0.25) is 5.02 Å². The second-order valence-electron chi connectivity index (χ2n) is 16.2. The first-order valence-electron chi connectivity index (χ1n) is 21.7. The number of carbonyl (C=O) groups is 6. The first kappa shape index (κ1) is 45.3. The molecule has 0 aliphatic carbocycles. The quantitative estimate of drug-likeness (QED) is 0.0544. The summed E-state index contributed by atoms with van der Waals surface area (Å²) < 4.78 is 0. The predicted molar refractivity (Wildman–Crippen MR) is 243 cm³/mol. The lowest BCUT2D eigenvalue weighted by atomic mass is 10.0. The molecule has 2 saturated heterocycles. The Kier molecular flexibility index (Phi) is 15.1. The van der Waals surface area contributed by atoms with E-state index in [1.807, 2.05) is 32.0 Å². The van der Waals surface area contributed by atoms with Gasteiger partial charge in [-0.3, -0.25) is 43.9 Å². The molecule has 2 aromatic heterocycles. The second-order valence-corrected chi connectivity index (χ2v) is 17.6. The average molecular weight is 898 g/mol. The number of hydrogen-bond acceptors (Lipinski definition) is 13. The van der Waals surface area contributed by atoms with Gasteiger partial charge in [-0.1, -0.05) is 86.1 Å². The van der Waals surface area contributed by atoms with Gasteiger partial charge in [0.15, 0.2) is 5.13 Å². The number of hydrogen-bond donors (Lipinski definition) is 4. The van der Waals surface area contributed by atoms with Crippen LogP contribution in [-0.2, 0) is 14.4 Å². The monoisotopic (exact) mass is 896 g/mol. The number of benzene rings is 2. The number of unbranched alkanes of at least 4 members (excludes halogenated alkanes) is 8. The van der Waals surface area contributed by atoms with Gasteiger partial charge in [0.25, 0.3) is 17.7 Å². The first-order chi connectivity index (χ1) is 30.4. The zero-order chi connectivity index (χ0) is 44.5. The number of piperidine rings is 1. The van der Waals surface area contributed by atoms with Gasteiger partial charge in [-0.2, -0.15) is 0 Å². The molecule has 2 fully saturated rings. The number of thiazole rings is 1. The number of carbonyl (C=O) groups excluding carboxylic acids is 6. The number of nitrogens with zero attached hydrogens (tertiary/aromatic N) is 6. The number of nitrogens with one attached hydrogen (secondary N) is 4. The van der Waals surface area contributed by atoms with Gasteiger partial charge >= 0.3 is 0 Å². The van der Waals surface area contributed by atoms with E-state index in [4.69, 9.17) is 16.6 Å².